The second-order valence-corrected chi connectivity index (χ2v) is 8.10. The Bertz CT molecular complexity index is 1140. The first kappa shape index (κ1) is 20.0. The Morgan fingerprint density at radius 3 is 2.53 bits per heavy atom. The highest BCUT2D eigenvalue weighted by Gasteiger charge is 2.17. The first-order chi connectivity index (χ1) is 14.5. The van der Waals surface area contributed by atoms with Crippen molar-refractivity contribution in [3.63, 3.8) is 0 Å². The molecule has 0 fully saturated rings. The van der Waals surface area contributed by atoms with E-state index in [0.717, 1.165) is 38.2 Å². The van der Waals surface area contributed by atoms with E-state index in [2.05, 4.69) is 22.4 Å². The lowest BCUT2D eigenvalue weighted by molar-refractivity contribution is 0.199. The molecule has 152 valence electrons. The molecule has 0 radical (unpaired) electrons. The van der Waals surface area contributed by atoms with Gasteiger partial charge in [-0.1, -0.05) is 53.8 Å². The van der Waals surface area contributed by atoms with Crippen LogP contribution < -0.4 is 10.2 Å². The number of aliphatic hydroxyl groups is 1. The van der Waals surface area contributed by atoms with Crippen molar-refractivity contribution < 1.29 is 5.11 Å². The number of hydrogen-bond acceptors (Lipinski definition) is 7. The van der Waals surface area contributed by atoms with Crippen LogP contribution >= 0.6 is 11.3 Å². The molecule has 4 aromatic rings. The standard InChI is InChI=1S/C23H23N5OS/c1-15(29)17-10-7-11-18(14-17)25-22-24-13-12-19(26-22)21-20(16-8-5-4-6-9-16)27-23(30-21)28(2)3/h4-15,29H,1-3H3,(H,24,25,26). The average molecular weight is 418 g/mol. The van der Waals surface area contributed by atoms with Gasteiger partial charge in [-0.25, -0.2) is 15.0 Å². The topological polar surface area (TPSA) is 74.2 Å². The Balaban J connectivity index is 1.71. The monoisotopic (exact) mass is 417 g/mol. The average Bonchev–Trinajstić information content (AvgIpc) is 3.21. The number of anilines is 3. The van der Waals surface area contributed by atoms with E-state index < -0.39 is 6.10 Å². The van der Waals surface area contributed by atoms with Crippen LogP contribution in [0.3, 0.4) is 0 Å². The van der Waals surface area contributed by atoms with E-state index >= 15 is 0 Å². The van der Waals surface area contributed by atoms with E-state index in [1.165, 1.54) is 0 Å². The van der Waals surface area contributed by atoms with Gasteiger partial charge in [-0.05, 0) is 30.7 Å². The lowest BCUT2D eigenvalue weighted by Crippen LogP contribution is -2.07. The molecule has 2 heterocycles. The predicted molar refractivity (Wildman–Crippen MR) is 123 cm³/mol. The third kappa shape index (κ3) is 4.32. The lowest BCUT2D eigenvalue weighted by Gasteiger charge is -2.09. The number of benzene rings is 2. The second kappa shape index (κ2) is 8.61. The van der Waals surface area contributed by atoms with Crippen molar-refractivity contribution in [2.24, 2.45) is 0 Å². The minimum atomic E-state index is -0.533. The molecule has 2 aromatic heterocycles. The number of thiazole rings is 1. The van der Waals surface area contributed by atoms with E-state index in [1.54, 1.807) is 24.5 Å². The molecule has 0 saturated heterocycles. The Morgan fingerprint density at radius 2 is 1.80 bits per heavy atom. The zero-order valence-corrected chi connectivity index (χ0v) is 17.9. The summed E-state index contributed by atoms with van der Waals surface area (Å²) in [7, 11) is 3.97. The largest absolute Gasteiger partial charge is 0.389 e. The Labute approximate surface area is 179 Å². The van der Waals surface area contributed by atoms with Crippen LogP contribution in [0.1, 0.15) is 18.6 Å². The third-order valence-corrected chi connectivity index (χ3v) is 5.80. The van der Waals surface area contributed by atoms with Gasteiger partial charge in [0.25, 0.3) is 0 Å². The van der Waals surface area contributed by atoms with E-state index in [0.29, 0.717) is 5.95 Å². The summed E-state index contributed by atoms with van der Waals surface area (Å²) < 4.78 is 0. The Morgan fingerprint density at radius 1 is 1.00 bits per heavy atom. The van der Waals surface area contributed by atoms with Gasteiger partial charge < -0.3 is 15.3 Å². The molecule has 4 rings (SSSR count). The molecule has 1 unspecified atom stereocenters. The predicted octanol–water partition coefficient (Wildman–Crippen LogP) is 5.13. The van der Waals surface area contributed by atoms with Crippen molar-refractivity contribution in [3.8, 4) is 21.8 Å². The molecule has 0 spiro atoms. The molecule has 0 saturated carbocycles. The van der Waals surface area contributed by atoms with Gasteiger partial charge in [0.15, 0.2) is 5.13 Å². The van der Waals surface area contributed by atoms with Crippen molar-refractivity contribution in [3.05, 3.63) is 72.4 Å². The zero-order chi connectivity index (χ0) is 21.1. The number of hydrogen-bond donors (Lipinski definition) is 2. The molecule has 0 amide bonds. The summed E-state index contributed by atoms with van der Waals surface area (Å²) in [6, 6.07) is 19.6. The molecular weight excluding hydrogens is 394 g/mol. The van der Waals surface area contributed by atoms with Crippen molar-refractivity contribution in [1.29, 1.82) is 0 Å². The molecule has 0 aliphatic carbocycles. The molecule has 6 nitrogen and oxygen atoms in total. The van der Waals surface area contributed by atoms with E-state index in [-0.39, 0.29) is 0 Å². The second-order valence-electron chi connectivity index (χ2n) is 7.13. The number of nitrogens with zero attached hydrogens (tertiary/aromatic N) is 4. The summed E-state index contributed by atoms with van der Waals surface area (Å²) in [5.41, 5.74) is 4.43. The van der Waals surface area contributed by atoms with Gasteiger partial charge in [0.2, 0.25) is 5.95 Å². The highest BCUT2D eigenvalue weighted by Crippen LogP contribution is 2.39. The normalized spacial score (nSPS) is 11.9. The molecule has 0 aliphatic heterocycles. The Hall–Kier alpha value is -3.29. The summed E-state index contributed by atoms with van der Waals surface area (Å²) in [5.74, 6) is 0.494. The van der Waals surface area contributed by atoms with Crippen LogP contribution in [0.2, 0.25) is 0 Å². The molecule has 30 heavy (non-hydrogen) atoms. The van der Waals surface area contributed by atoms with Crippen molar-refractivity contribution in [2.75, 3.05) is 24.3 Å². The number of rotatable bonds is 6. The zero-order valence-electron chi connectivity index (χ0n) is 17.1. The van der Waals surface area contributed by atoms with Crippen LogP contribution in [0.4, 0.5) is 16.8 Å². The van der Waals surface area contributed by atoms with Gasteiger partial charge in [0, 0.05) is 31.5 Å². The third-order valence-electron chi connectivity index (χ3n) is 4.56. The SMILES string of the molecule is CC(O)c1cccc(Nc2nccc(-c3sc(N(C)C)nc3-c3ccccc3)n2)c1. The van der Waals surface area contributed by atoms with Crippen LogP contribution in [-0.2, 0) is 0 Å². The highest BCUT2D eigenvalue weighted by molar-refractivity contribution is 7.19. The van der Waals surface area contributed by atoms with Crippen LogP contribution in [0.25, 0.3) is 21.8 Å². The molecule has 1 atom stereocenters. The van der Waals surface area contributed by atoms with Gasteiger partial charge in [-0.3, -0.25) is 0 Å². The molecule has 2 aromatic carbocycles. The van der Waals surface area contributed by atoms with Crippen molar-refractivity contribution in [1.82, 2.24) is 15.0 Å². The summed E-state index contributed by atoms with van der Waals surface area (Å²) in [4.78, 5) is 16.9. The molecular formula is C23H23N5OS. The van der Waals surface area contributed by atoms with Gasteiger partial charge in [-0.15, -0.1) is 0 Å². The minimum Gasteiger partial charge on any atom is -0.389 e. The van der Waals surface area contributed by atoms with Gasteiger partial charge in [-0.2, -0.15) is 0 Å². The van der Waals surface area contributed by atoms with E-state index in [4.69, 9.17) is 9.97 Å². The summed E-state index contributed by atoms with van der Waals surface area (Å²) >= 11 is 1.60. The fraction of sp³-hybridized carbons (Fsp3) is 0.174. The molecule has 0 aliphatic rings. The number of aromatic nitrogens is 3. The fourth-order valence-corrected chi connectivity index (χ4v) is 4.00. The minimum absolute atomic E-state index is 0.494. The van der Waals surface area contributed by atoms with Crippen molar-refractivity contribution >= 4 is 28.1 Å². The number of nitrogens with one attached hydrogen (secondary N) is 1. The quantitative estimate of drug-likeness (QED) is 0.453. The van der Waals surface area contributed by atoms with Gasteiger partial charge in [0.1, 0.15) is 0 Å². The summed E-state index contributed by atoms with van der Waals surface area (Å²) in [6.07, 6.45) is 1.21. The summed E-state index contributed by atoms with van der Waals surface area (Å²) in [5, 5.41) is 14.0. The number of aliphatic hydroxyl groups excluding tert-OH is 1. The van der Waals surface area contributed by atoms with E-state index in [9.17, 15) is 5.11 Å². The van der Waals surface area contributed by atoms with Gasteiger partial charge in [0.05, 0.1) is 22.4 Å². The lowest BCUT2D eigenvalue weighted by atomic mass is 10.1. The molecule has 0 bridgehead atoms. The van der Waals surface area contributed by atoms with Crippen LogP contribution in [0.15, 0.2) is 66.9 Å². The maximum Gasteiger partial charge on any atom is 0.227 e. The maximum atomic E-state index is 9.82. The summed E-state index contributed by atoms with van der Waals surface area (Å²) in [6.45, 7) is 1.74. The highest BCUT2D eigenvalue weighted by atomic mass is 32.1. The fourth-order valence-electron chi connectivity index (χ4n) is 3.02. The van der Waals surface area contributed by atoms with Gasteiger partial charge >= 0.3 is 0 Å². The van der Waals surface area contributed by atoms with Crippen molar-refractivity contribution in [2.45, 2.75) is 13.0 Å². The van der Waals surface area contributed by atoms with Crippen LogP contribution in [0.5, 0.6) is 0 Å². The smallest absolute Gasteiger partial charge is 0.227 e. The maximum absolute atomic E-state index is 9.82. The van der Waals surface area contributed by atoms with Crippen LogP contribution in [0, 0.1) is 0 Å². The Kier molecular flexibility index (Phi) is 5.74. The first-order valence-electron chi connectivity index (χ1n) is 9.63. The molecule has 2 N–H and O–H groups in total. The molecule has 7 heteroatoms. The van der Waals surface area contributed by atoms with E-state index in [1.807, 2.05) is 67.5 Å². The first-order valence-corrected chi connectivity index (χ1v) is 10.4. The van der Waals surface area contributed by atoms with Crippen LogP contribution in [-0.4, -0.2) is 34.2 Å².